The standard InChI is InChI=1S/C19H23N3O/c1-2-22(16-10-4-3-5-11-16)17-12-13-18(20-14-17)19(23)21-15-8-6-7-9-15/h3-5,10-15H,2,6-9H2,1H3,(H,21,23). The molecule has 0 atom stereocenters. The van der Waals surface area contributed by atoms with E-state index in [-0.39, 0.29) is 5.91 Å². The fourth-order valence-electron chi connectivity index (χ4n) is 3.13. The lowest BCUT2D eigenvalue weighted by molar-refractivity contribution is 0.0933. The molecule has 3 rings (SSSR count). The molecule has 1 aliphatic rings. The molecule has 0 saturated heterocycles. The molecule has 0 radical (unpaired) electrons. The van der Waals surface area contributed by atoms with Crippen LogP contribution in [-0.2, 0) is 0 Å². The first-order chi connectivity index (χ1) is 11.3. The number of amides is 1. The smallest absolute Gasteiger partial charge is 0.270 e. The van der Waals surface area contributed by atoms with Crippen LogP contribution < -0.4 is 10.2 Å². The molecule has 0 bridgehead atoms. The number of rotatable bonds is 5. The molecule has 4 nitrogen and oxygen atoms in total. The maximum Gasteiger partial charge on any atom is 0.270 e. The zero-order valence-electron chi connectivity index (χ0n) is 13.5. The molecule has 1 saturated carbocycles. The summed E-state index contributed by atoms with van der Waals surface area (Å²) >= 11 is 0. The largest absolute Gasteiger partial charge is 0.348 e. The lowest BCUT2D eigenvalue weighted by atomic mass is 10.2. The molecule has 1 fully saturated rings. The van der Waals surface area contributed by atoms with Crippen molar-refractivity contribution in [2.24, 2.45) is 0 Å². The van der Waals surface area contributed by atoms with Gasteiger partial charge in [0, 0.05) is 18.3 Å². The number of carbonyl (C=O) groups is 1. The van der Waals surface area contributed by atoms with E-state index in [1.165, 1.54) is 12.8 Å². The van der Waals surface area contributed by atoms with Crippen molar-refractivity contribution in [1.82, 2.24) is 10.3 Å². The van der Waals surface area contributed by atoms with Crippen molar-refractivity contribution in [3.8, 4) is 0 Å². The molecule has 1 N–H and O–H groups in total. The summed E-state index contributed by atoms with van der Waals surface area (Å²) in [5.41, 5.74) is 2.61. The average molecular weight is 309 g/mol. The molecular weight excluding hydrogens is 286 g/mol. The molecule has 0 aliphatic heterocycles. The van der Waals surface area contributed by atoms with Crippen LogP contribution in [0.4, 0.5) is 11.4 Å². The summed E-state index contributed by atoms with van der Waals surface area (Å²) < 4.78 is 0. The van der Waals surface area contributed by atoms with Gasteiger partial charge in [-0.2, -0.15) is 0 Å². The van der Waals surface area contributed by atoms with Crippen molar-refractivity contribution in [3.05, 3.63) is 54.4 Å². The summed E-state index contributed by atoms with van der Waals surface area (Å²) in [5, 5.41) is 3.07. The van der Waals surface area contributed by atoms with Crippen LogP contribution in [0.25, 0.3) is 0 Å². The van der Waals surface area contributed by atoms with Gasteiger partial charge in [-0.25, -0.2) is 4.98 Å². The maximum absolute atomic E-state index is 12.2. The first-order valence-corrected chi connectivity index (χ1v) is 8.37. The Bertz CT molecular complexity index is 633. The Labute approximate surface area is 137 Å². The predicted octanol–water partition coefficient (Wildman–Crippen LogP) is 3.91. The Morgan fingerprint density at radius 3 is 2.48 bits per heavy atom. The van der Waals surface area contributed by atoms with Crippen molar-refractivity contribution in [3.63, 3.8) is 0 Å². The predicted molar refractivity (Wildman–Crippen MR) is 93.1 cm³/mol. The lowest BCUT2D eigenvalue weighted by Gasteiger charge is -2.23. The Hall–Kier alpha value is -2.36. The van der Waals surface area contributed by atoms with E-state index in [0.29, 0.717) is 11.7 Å². The molecule has 120 valence electrons. The van der Waals surface area contributed by atoms with Crippen LogP contribution in [0.1, 0.15) is 43.1 Å². The zero-order valence-corrected chi connectivity index (χ0v) is 13.5. The highest BCUT2D eigenvalue weighted by molar-refractivity contribution is 5.92. The zero-order chi connectivity index (χ0) is 16.1. The van der Waals surface area contributed by atoms with Crippen molar-refractivity contribution in [2.45, 2.75) is 38.6 Å². The molecule has 2 aromatic rings. The highest BCUT2D eigenvalue weighted by Gasteiger charge is 2.18. The van der Waals surface area contributed by atoms with Gasteiger partial charge in [0.25, 0.3) is 5.91 Å². The van der Waals surface area contributed by atoms with Gasteiger partial charge in [0.2, 0.25) is 0 Å². The first-order valence-electron chi connectivity index (χ1n) is 8.37. The Kier molecular flexibility index (Phi) is 4.91. The maximum atomic E-state index is 12.2. The number of nitrogens with zero attached hydrogens (tertiary/aromatic N) is 2. The van der Waals surface area contributed by atoms with Gasteiger partial charge in [0.05, 0.1) is 11.9 Å². The Morgan fingerprint density at radius 1 is 1.13 bits per heavy atom. The molecular formula is C19H23N3O. The number of carbonyl (C=O) groups excluding carboxylic acids is 1. The van der Waals surface area contributed by atoms with Crippen LogP contribution in [0, 0.1) is 0 Å². The van der Waals surface area contributed by atoms with E-state index in [0.717, 1.165) is 30.8 Å². The average Bonchev–Trinajstić information content (AvgIpc) is 3.10. The fourth-order valence-corrected chi connectivity index (χ4v) is 3.13. The fraction of sp³-hybridized carbons (Fsp3) is 0.368. The summed E-state index contributed by atoms with van der Waals surface area (Å²) in [4.78, 5) is 18.8. The minimum Gasteiger partial charge on any atom is -0.348 e. The van der Waals surface area contributed by atoms with Gasteiger partial charge in [0.15, 0.2) is 0 Å². The summed E-state index contributed by atoms with van der Waals surface area (Å²) in [6.07, 6.45) is 6.36. The first kappa shape index (κ1) is 15.5. The van der Waals surface area contributed by atoms with Gasteiger partial charge in [-0.3, -0.25) is 4.79 Å². The van der Waals surface area contributed by atoms with Gasteiger partial charge in [0.1, 0.15) is 5.69 Å². The number of para-hydroxylation sites is 1. The number of hydrogen-bond donors (Lipinski definition) is 1. The highest BCUT2D eigenvalue weighted by atomic mass is 16.1. The molecule has 0 unspecified atom stereocenters. The van der Waals surface area contributed by atoms with Gasteiger partial charge in [-0.15, -0.1) is 0 Å². The van der Waals surface area contributed by atoms with E-state index in [4.69, 9.17) is 0 Å². The third kappa shape index (κ3) is 3.70. The number of anilines is 2. The van der Waals surface area contributed by atoms with Crippen molar-refractivity contribution >= 4 is 17.3 Å². The van der Waals surface area contributed by atoms with E-state index >= 15 is 0 Å². The topological polar surface area (TPSA) is 45.2 Å². The van der Waals surface area contributed by atoms with Gasteiger partial charge in [-0.05, 0) is 44.0 Å². The van der Waals surface area contributed by atoms with E-state index in [1.54, 1.807) is 6.20 Å². The summed E-state index contributed by atoms with van der Waals surface area (Å²) in [5.74, 6) is -0.0637. The Balaban J connectivity index is 1.71. The van der Waals surface area contributed by atoms with Crippen LogP contribution in [0.5, 0.6) is 0 Å². The van der Waals surface area contributed by atoms with Gasteiger partial charge >= 0.3 is 0 Å². The van der Waals surface area contributed by atoms with Crippen molar-refractivity contribution in [1.29, 1.82) is 0 Å². The number of nitrogens with one attached hydrogen (secondary N) is 1. The van der Waals surface area contributed by atoms with Crippen molar-refractivity contribution in [2.75, 3.05) is 11.4 Å². The number of benzene rings is 1. The minimum atomic E-state index is -0.0637. The van der Waals surface area contributed by atoms with Crippen LogP contribution in [0.3, 0.4) is 0 Å². The van der Waals surface area contributed by atoms with E-state index in [2.05, 4.69) is 34.3 Å². The molecule has 1 aliphatic carbocycles. The third-order valence-electron chi connectivity index (χ3n) is 4.37. The second kappa shape index (κ2) is 7.27. The molecule has 1 aromatic carbocycles. The number of hydrogen-bond acceptors (Lipinski definition) is 3. The second-order valence-electron chi connectivity index (χ2n) is 5.94. The normalized spacial score (nSPS) is 14.7. The highest BCUT2D eigenvalue weighted by Crippen LogP contribution is 2.24. The molecule has 1 amide bonds. The summed E-state index contributed by atoms with van der Waals surface area (Å²) in [6, 6.07) is 14.3. The quantitative estimate of drug-likeness (QED) is 0.910. The van der Waals surface area contributed by atoms with Crippen LogP contribution in [0.15, 0.2) is 48.7 Å². The van der Waals surface area contributed by atoms with Gasteiger partial charge < -0.3 is 10.2 Å². The molecule has 1 aromatic heterocycles. The van der Waals surface area contributed by atoms with E-state index < -0.39 is 0 Å². The number of aromatic nitrogens is 1. The molecule has 4 heteroatoms. The summed E-state index contributed by atoms with van der Waals surface area (Å²) in [6.45, 7) is 2.95. The van der Waals surface area contributed by atoms with E-state index in [1.807, 2.05) is 30.3 Å². The summed E-state index contributed by atoms with van der Waals surface area (Å²) in [7, 11) is 0. The van der Waals surface area contributed by atoms with Crippen molar-refractivity contribution < 1.29 is 4.79 Å². The van der Waals surface area contributed by atoms with Crippen LogP contribution >= 0.6 is 0 Å². The van der Waals surface area contributed by atoms with Crippen LogP contribution in [-0.4, -0.2) is 23.5 Å². The van der Waals surface area contributed by atoms with Crippen LogP contribution in [0.2, 0.25) is 0 Å². The second-order valence-corrected chi connectivity index (χ2v) is 5.94. The third-order valence-corrected chi connectivity index (χ3v) is 4.37. The SMILES string of the molecule is CCN(c1ccccc1)c1ccc(C(=O)NC2CCCC2)nc1. The van der Waals surface area contributed by atoms with E-state index in [9.17, 15) is 4.79 Å². The lowest BCUT2D eigenvalue weighted by Crippen LogP contribution is -2.33. The molecule has 23 heavy (non-hydrogen) atoms. The Morgan fingerprint density at radius 2 is 1.87 bits per heavy atom. The monoisotopic (exact) mass is 309 g/mol. The minimum absolute atomic E-state index is 0.0637. The number of pyridine rings is 1. The molecule has 1 heterocycles. The van der Waals surface area contributed by atoms with Gasteiger partial charge in [-0.1, -0.05) is 31.0 Å². The molecule has 0 spiro atoms.